The lowest BCUT2D eigenvalue weighted by molar-refractivity contribution is 0.627. The minimum atomic E-state index is -0.474. The van der Waals surface area contributed by atoms with E-state index in [1.807, 2.05) is 0 Å². The molecule has 0 aromatic heterocycles. The van der Waals surface area contributed by atoms with E-state index in [9.17, 15) is 4.39 Å². The minimum Gasteiger partial charge on any atom is -0.228 e. The van der Waals surface area contributed by atoms with Crippen LogP contribution < -0.4 is 0 Å². The summed E-state index contributed by atoms with van der Waals surface area (Å²) in [5, 5.41) is 0. The first-order valence-electron chi connectivity index (χ1n) is 2.68. The first-order chi connectivity index (χ1) is 4.16. The van der Waals surface area contributed by atoms with Crippen molar-refractivity contribution in [3.05, 3.63) is 24.2 Å². The Balaban J connectivity index is 3.86. The molecule has 0 atom stereocenters. The van der Waals surface area contributed by atoms with Crippen molar-refractivity contribution in [2.24, 2.45) is 4.99 Å². The van der Waals surface area contributed by atoms with Crippen molar-refractivity contribution in [3.63, 3.8) is 0 Å². The summed E-state index contributed by atoms with van der Waals surface area (Å²) in [6, 6.07) is 0. The molecule has 1 nitrogen and oxygen atoms in total. The molecule has 0 aliphatic heterocycles. The zero-order valence-corrected chi connectivity index (χ0v) is 5.69. The van der Waals surface area contributed by atoms with Gasteiger partial charge in [-0.25, -0.2) is 4.99 Å². The summed E-state index contributed by atoms with van der Waals surface area (Å²) in [7, 11) is 0. The van der Waals surface area contributed by atoms with Gasteiger partial charge in [-0.2, -0.15) is 4.39 Å². The van der Waals surface area contributed by atoms with Crippen molar-refractivity contribution in [3.8, 4) is 0 Å². The van der Waals surface area contributed by atoms with Crippen LogP contribution in [0.15, 0.2) is 29.2 Å². The molecule has 0 aromatic carbocycles. The monoisotopic (exact) mass is 127 g/mol. The third kappa shape index (κ3) is 4.94. The highest BCUT2D eigenvalue weighted by molar-refractivity contribution is 5.77. The van der Waals surface area contributed by atoms with Crippen LogP contribution in [0.1, 0.15) is 13.8 Å². The zero-order valence-electron chi connectivity index (χ0n) is 5.69. The number of rotatable bonds is 2. The van der Waals surface area contributed by atoms with E-state index >= 15 is 0 Å². The van der Waals surface area contributed by atoms with Gasteiger partial charge in [0.25, 0.3) is 0 Å². The highest BCUT2D eigenvalue weighted by Crippen LogP contribution is 1.96. The summed E-state index contributed by atoms with van der Waals surface area (Å²) < 4.78 is 12.1. The van der Waals surface area contributed by atoms with Gasteiger partial charge in [-0.05, 0) is 25.5 Å². The molecule has 0 aliphatic carbocycles. The molecular formula is C7H10FN. The van der Waals surface area contributed by atoms with Crippen LogP contribution in [0.3, 0.4) is 0 Å². The summed E-state index contributed by atoms with van der Waals surface area (Å²) in [5.41, 5.74) is 0.743. The summed E-state index contributed by atoms with van der Waals surface area (Å²) >= 11 is 0. The summed E-state index contributed by atoms with van der Waals surface area (Å²) in [6.45, 7) is 6.86. The molecule has 9 heavy (non-hydrogen) atoms. The summed E-state index contributed by atoms with van der Waals surface area (Å²) in [5.74, 6) is -0.474. The van der Waals surface area contributed by atoms with Crippen molar-refractivity contribution in [1.29, 1.82) is 0 Å². The van der Waals surface area contributed by atoms with Crippen LogP contribution in [0, 0.1) is 0 Å². The number of nitrogens with zero attached hydrogens (tertiary/aromatic N) is 1. The Hall–Kier alpha value is -0.920. The van der Waals surface area contributed by atoms with Crippen LogP contribution in [0.5, 0.6) is 0 Å². The van der Waals surface area contributed by atoms with Crippen LogP contribution in [-0.2, 0) is 0 Å². The van der Waals surface area contributed by atoms with Gasteiger partial charge in [-0.3, -0.25) is 0 Å². The lowest BCUT2D eigenvalue weighted by atomic mass is 10.4. The van der Waals surface area contributed by atoms with Crippen molar-refractivity contribution >= 4 is 6.21 Å². The van der Waals surface area contributed by atoms with E-state index in [2.05, 4.69) is 11.6 Å². The van der Waals surface area contributed by atoms with Gasteiger partial charge in [0.1, 0.15) is 0 Å². The molecule has 0 N–H and O–H groups in total. The van der Waals surface area contributed by atoms with E-state index in [0.717, 1.165) is 5.57 Å². The van der Waals surface area contributed by atoms with Crippen LogP contribution in [-0.4, -0.2) is 6.21 Å². The maximum atomic E-state index is 12.1. The van der Waals surface area contributed by atoms with Crippen molar-refractivity contribution in [2.45, 2.75) is 13.8 Å². The molecule has 0 unspecified atom stereocenters. The third-order valence-electron chi connectivity index (χ3n) is 0.646. The molecular weight excluding hydrogens is 117 g/mol. The SMILES string of the molecule is C=C(C)/C=N\C(F)=C/C. The maximum Gasteiger partial charge on any atom is 0.208 e. The largest absolute Gasteiger partial charge is 0.228 e. The predicted octanol–water partition coefficient (Wildman–Crippen LogP) is 2.46. The van der Waals surface area contributed by atoms with Crippen LogP contribution in [0.2, 0.25) is 0 Å². The normalized spacial score (nSPS) is 12.6. The third-order valence-corrected chi connectivity index (χ3v) is 0.646. The Labute approximate surface area is 54.6 Å². The van der Waals surface area contributed by atoms with Gasteiger partial charge in [0.05, 0.1) is 0 Å². The Morgan fingerprint density at radius 1 is 1.67 bits per heavy atom. The average Bonchev–Trinajstić information content (AvgIpc) is 1.83. The van der Waals surface area contributed by atoms with Gasteiger partial charge in [-0.1, -0.05) is 6.58 Å². The number of allylic oxidation sites excluding steroid dienone is 2. The van der Waals surface area contributed by atoms with Crippen LogP contribution in [0.4, 0.5) is 4.39 Å². The highest BCUT2D eigenvalue weighted by atomic mass is 19.1. The number of halogens is 1. The van der Waals surface area contributed by atoms with Gasteiger partial charge in [0, 0.05) is 6.21 Å². The molecule has 50 valence electrons. The molecule has 0 bridgehead atoms. The van der Waals surface area contributed by atoms with Gasteiger partial charge in [0.15, 0.2) is 0 Å². The second-order valence-electron chi connectivity index (χ2n) is 1.72. The van der Waals surface area contributed by atoms with Gasteiger partial charge in [-0.15, -0.1) is 0 Å². The fraction of sp³-hybridized carbons (Fsp3) is 0.286. The fourth-order valence-electron chi connectivity index (χ4n) is 0.246. The number of aliphatic imine (C=N–C) groups is 1. The quantitative estimate of drug-likeness (QED) is 0.399. The molecule has 0 aromatic rings. The Kier molecular flexibility index (Phi) is 3.60. The summed E-state index contributed by atoms with van der Waals surface area (Å²) in [6.07, 6.45) is 2.68. The molecule has 0 fully saturated rings. The van der Waals surface area contributed by atoms with E-state index in [0.29, 0.717) is 0 Å². The molecule has 0 amide bonds. The van der Waals surface area contributed by atoms with Gasteiger partial charge in [0.2, 0.25) is 5.95 Å². The standard InChI is InChI=1S/C7H10FN/c1-4-7(8)9-5-6(2)3/h4-5H,2H2,1,3H3/b7-4-,9-5-. The zero-order chi connectivity index (χ0) is 7.28. The van der Waals surface area contributed by atoms with Gasteiger partial charge < -0.3 is 0 Å². The Morgan fingerprint density at radius 3 is 2.56 bits per heavy atom. The fourth-order valence-corrected chi connectivity index (χ4v) is 0.246. The number of hydrogen-bond donors (Lipinski definition) is 0. The smallest absolute Gasteiger partial charge is 0.208 e. The van der Waals surface area contributed by atoms with Crippen LogP contribution >= 0.6 is 0 Å². The summed E-state index contributed by atoms with van der Waals surface area (Å²) in [4.78, 5) is 3.41. The second kappa shape index (κ2) is 4.01. The molecule has 0 saturated heterocycles. The van der Waals surface area contributed by atoms with Crippen molar-refractivity contribution in [2.75, 3.05) is 0 Å². The molecule has 0 rings (SSSR count). The van der Waals surface area contributed by atoms with E-state index < -0.39 is 5.95 Å². The predicted molar refractivity (Wildman–Crippen MR) is 38.2 cm³/mol. The molecule has 0 aliphatic rings. The first-order valence-corrected chi connectivity index (χ1v) is 2.68. The van der Waals surface area contributed by atoms with E-state index in [1.165, 1.54) is 12.3 Å². The van der Waals surface area contributed by atoms with Crippen molar-refractivity contribution in [1.82, 2.24) is 0 Å². The lowest BCUT2D eigenvalue weighted by Crippen LogP contribution is -1.73. The van der Waals surface area contributed by atoms with Crippen molar-refractivity contribution < 1.29 is 4.39 Å². The highest BCUT2D eigenvalue weighted by Gasteiger charge is 1.81. The Morgan fingerprint density at radius 2 is 2.22 bits per heavy atom. The molecule has 0 radical (unpaired) electrons. The minimum absolute atomic E-state index is 0.474. The molecule has 0 heterocycles. The second-order valence-corrected chi connectivity index (χ2v) is 1.72. The maximum absolute atomic E-state index is 12.1. The first kappa shape index (κ1) is 8.08. The topological polar surface area (TPSA) is 12.4 Å². The molecule has 0 saturated carbocycles. The van der Waals surface area contributed by atoms with E-state index in [-0.39, 0.29) is 0 Å². The lowest BCUT2D eigenvalue weighted by Gasteiger charge is -1.83. The number of hydrogen-bond acceptors (Lipinski definition) is 1. The van der Waals surface area contributed by atoms with E-state index in [4.69, 9.17) is 0 Å². The molecule has 2 heteroatoms. The van der Waals surface area contributed by atoms with Gasteiger partial charge >= 0.3 is 0 Å². The Bertz CT molecular complexity index is 156. The molecule has 0 spiro atoms. The van der Waals surface area contributed by atoms with E-state index in [1.54, 1.807) is 13.8 Å². The average molecular weight is 127 g/mol. The van der Waals surface area contributed by atoms with Crippen LogP contribution in [0.25, 0.3) is 0 Å².